The van der Waals surface area contributed by atoms with E-state index in [1.165, 1.54) is 5.56 Å². The van der Waals surface area contributed by atoms with Crippen LogP contribution in [0.2, 0.25) is 5.02 Å². The second-order valence-corrected chi connectivity index (χ2v) is 5.88. The van der Waals surface area contributed by atoms with Crippen LogP contribution in [0.15, 0.2) is 54.6 Å². The van der Waals surface area contributed by atoms with Gasteiger partial charge in [-0.1, -0.05) is 48.0 Å². The second-order valence-electron chi connectivity index (χ2n) is 5.44. The molecule has 3 rings (SSSR count). The van der Waals surface area contributed by atoms with Gasteiger partial charge in [0.05, 0.1) is 12.7 Å². The van der Waals surface area contributed by atoms with Crippen LogP contribution in [0.25, 0.3) is 0 Å². The molecule has 4 heteroatoms. The molecule has 1 heterocycles. The monoisotopic (exact) mass is 315 g/mol. The predicted molar refractivity (Wildman–Crippen MR) is 87.2 cm³/mol. The highest BCUT2D eigenvalue weighted by atomic mass is 35.5. The summed E-state index contributed by atoms with van der Waals surface area (Å²) in [6.45, 7) is 1.81. The van der Waals surface area contributed by atoms with Crippen molar-refractivity contribution in [2.24, 2.45) is 0 Å². The second kappa shape index (κ2) is 6.95. The van der Waals surface area contributed by atoms with Gasteiger partial charge in [0.2, 0.25) is 0 Å². The van der Waals surface area contributed by atoms with Crippen LogP contribution in [-0.2, 0) is 11.2 Å². The van der Waals surface area contributed by atoms with Crippen LogP contribution >= 0.6 is 11.6 Å². The number of benzene rings is 2. The van der Waals surface area contributed by atoms with E-state index in [4.69, 9.17) is 16.3 Å². The largest absolute Gasteiger partial charge is 0.374 e. The molecule has 22 heavy (non-hydrogen) atoms. The van der Waals surface area contributed by atoms with Crippen molar-refractivity contribution >= 4 is 17.5 Å². The first-order chi connectivity index (χ1) is 10.7. The molecule has 0 aliphatic carbocycles. The Hall–Kier alpha value is -1.84. The van der Waals surface area contributed by atoms with Gasteiger partial charge in [0.15, 0.2) is 0 Å². The van der Waals surface area contributed by atoms with Crippen molar-refractivity contribution in [3.8, 4) is 0 Å². The van der Waals surface area contributed by atoms with E-state index in [1.807, 2.05) is 23.1 Å². The molecule has 0 unspecified atom stereocenters. The number of nitrogens with zero attached hydrogens (tertiary/aromatic N) is 1. The topological polar surface area (TPSA) is 29.5 Å². The van der Waals surface area contributed by atoms with Crippen LogP contribution in [0, 0.1) is 0 Å². The number of amides is 1. The molecule has 1 aliphatic rings. The lowest BCUT2D eigenvalue weighted by molar-refractivity contribution is -0.0208. The normalized spacial score (nSPS) is 18.2. The molecule has 1 amide bonds. The zero-order valence-corrected chi connectivity index (χ0v) is 13.0. The zero-order valence-electron chi connectivity index (χ0n) is 12.2. The molecule has 0 aromatic heterocycles. The van der Waals surface area contributed by atoms with Crippen LogP contribution < -0.4 is 0 Å². The van der Waals surface area contributed by atoms with Crippen molar-refractivity contribution in [3.05, 3.63) is 70.7 Å². The van der Waals surface area contributed by atoms with Crippen molar-refractivity contribution < 1.29 is 9.53 Å². The lowest BCUT2D eigenvalue weighted by atomic mass is 10.1. The minimum atomic E-state index is 0.0175. The van der Waals surface area contributed by atoms with E-state index >= 15 is 0 Å². The molecule has 2 aromatic carbocycles. The van der Waals surface area contributed by atoms with Gasteiger partial charge in [-0.15, -0.1) is 0 Å². The summed E-state index contributed by atoms with van der Waals surface area (Å²) in [7, 11) is 0. The summed E-state index contributed by atoms with van der Waals surface area (Å²) in [5, 5.41) is 0.583. The molecular weight excluding hydrogens is 298 g/mol. The van der Waals surface area contributed by atoms with Crippen molar-refractivity contribution in [1.29, 1.82) is 0 Å². The Morgan fingerprint density at radius 2 is 2.00 bits per heavy atom. The Labute approximate surface area is 135 Å². The third-order valence-electron chi connectivity index (χ3n) is 3.80. The summed E-state index contributed by atoms with van der Waals surface area (Å²) in [5.74, 6) is 0.0175. The molecule has 0 radical (unpaired) electrons. The first-order valence-corrected chi connectivity index (χ1v) is 7.80. The van der Waals surface area contributed by atoms with Crippen LogP contribution in [0.3, 0.4) is 0 Å². The Morgan fingerprint density at radius 3 is 2.77 bits per heavy atom. The standard InChI is InChI=1S/C18H18ClNO2/c19-16-8-4-7-15(12-16)18(21)20-9-10-22-17(13-20)11-14-5-2-1-3-6-14/h1-8,12,17H,9-11,13H2/t17-/m1/s1. The van der Waals surface area contributed by atoms with E-state index < -0.39 is 0 Å². The first kappa shape index (κ1) is 15.1. The fraction of sp³-hybridized carbons (Fsp3) is 0.278. The highest BCUT2D eigenvalue weighted by Crippen LogP contribution is 2.16. The molecule has 0 spiro atoms. The Bertz CT molecular complexity index is 645. The van der Waals surface area contributed by atoms with Crippen molar-refractivity contribution in [2.45, 2.75) is 12.5 Å². The number of carbonyl (C=O) groups is 1. The van der Waals surface area contributed by atoms with Gasteiger partial charge >= 0.3 is 0 Å². The maximum atomic E-state index is 12.6. The minimum absolute atomic E-state index is 0.0175. The lowest BCUT2D eigenvalue weighted by Gasteiger charge is -2.33. The number of hydrogen-bond acceptors (Lipinski definition) is 2. The van der Waals surface area contributed by atoms with Crippen molar-refractivity contribution in [3.63, 3.8) is 0 Å². The molecule has 0 bridgehead atoms. The van der Waals surface area contributed by atoms with Crippen LogP contribution in [0.5, 0.6) is 0 Å². The minimum Gasteiger partial charge on any atom is -0.374 e. The molecule has 2 aromatic rings. The molecule has 1 aliphatic heterocycles. The van der Waals surface area contributed by atoms with Gasteiger partial charge in [0, 0.05) is 30.1 Å². The summed E-state index contributed by atoms with van der Waals surface area (Å²) in [4.78, 5) is 14.4. The Kier molecular flexibility index (Phi) is 4.76. The number of morpholine rings is 1. The molecule has 0 saturated carbocycles. The van der Waals surface area contributed by atoms with Gasteiger partial charge < -0.3 is 9.64 Å². The Balaban J connectivity index is 1.66. The fourth-order valence-electron chi connectivity index (χ4n) is 2.71. The SMILES string of the molecule is O=C(c1cccc(Cl)c1)N1CCO[C@H](Cc2ccccc2)C1. The Morgan fingerprint density at radius 1 is 1.18 bits per heavy atom. The highest BCUT2D eigenvalue weighted by molar-refractivity contribution is 6.30. The van der Waals surface area contributed by atoms with Crippen LogP contribution in [0.1, 0.15) is 15.9 Å². The number of carbonyl (C=O) groups excluding carboxylic acids is 1. The van der Waals surface area contributed by atoms with Crippen LogP contribution in [-0.4, -0.2) is 36.6 Å². The highest BCUT2D eigenvalue weighted by Gasteiger charge is 2.25. The molecule has 0 N–H and O–H groups in total. The third kappa shape index (κ3) is 3.67. The molecule has 114 valence electrons. The smallest absolute Gasteiger partial charge is 0.254 e. The molecule has 1 saturated heterocycles. The number of ether oxygens (including phenoxy) is 1. The maximum Gasteiger partial charge on any atom is 0.254 e. The number of hydrogen-bond donors (Lipinski definition) is 0. The zero-order chi connectivity index (χ0) is 15.4. The quantitative estimate of drug-likeness (QED) is 0.868. The van der Waals surface area contributed by atoms with Crippen molar-refractivity contribution in [2.75, 3.05) is 19.7 Å². The van der Waals surface area contributed by atoms with Gasteiger partial charge in [0.25, 0.3) is 5.91 Å². The van der Waals surface area contributed by atoms with E-state index in [9.17, 15) is 4.79 Å². The molecule has 1 fully saturated rings. The maximum absolute atomic E-state index is 12.6. The van der Waals surface area contributed by atoms with Crippen molar-refractivity contribution in [1.82, 2.24) is 4.90 Å². The number of halogens is 1. The first-order valence-electron chi connectivity index (χ1n) is 7.43. The van der Waals surface area contributed by atoms with E-state index in [2.05, 4.69) is 12.1 Å². The van der Waals surface area contributed by atoms with E-state index in [0.717, 1.165) is 6.42 Å². The third-order valence-corrected chi connectivity index (χ3v) is 4.04. The summed E-state index contributed by atoms with van der Waals surface area (Å²) >= 11 is 5.97. The van der Waals surface area contributed by atoms with Gasteiger partial charge in [-0.25, -0.2) is 0 Å². The van der Waals surface area contributed by atoms with Gasteiger partial charge in [-0.2, -0.15) is 0 Å². The van der Waals surface area contributed by atoms with Gasteiger partial charge in [0.1, 0.15) is 0 Å². The molecular formula is C18H18ClNO2. The molecule has 3 nitrogen and oxygen atoms in total. The summed E-state index contributed by atoms with van der Waals surface area (Å²) in [5.41, 5.74) is 1.86. The summed E-state index contributed by atoms with van der Waals surface area (Å²) in [6, 6.07) is 17.3. The average molecular weight is 316 g/mol. The van der Waals surface area contributed by atoms with Crippen LogP contribution in [0.4, 0.5) is 0 Å². The van der Waals surface area contributed by atoms with E-state index in [0.29, 0.717) is 30.3 Å². The number of rotatable bonds is 3. The predicted octanol–water partition coefficient (Wildman–Crippen LogP) is 3.42. The fourth-order valence-corrected chi connectivity index (χ4v) is 2.90. The van der Waals surface area contributed by atoms with Gasteiger partial charge in [-0.05, 0) is 23.8 Å². The summed E-state index contributed by atoms with van der Waals surface area (Å²) in [6.07, 6.45) is 0.861. The molecule has 1 atom stereocenters. The lowest BCUT2D eigenvalue weighted by Crippen LogP contribution is -2.46. The van der Waals surface area contributed by atoms with Gasteiger partial charge in [-0.3, -0.25) is 4.79 Å². The average Bonchev–Trinajstić information content (AvgIpc) is 2.55. The van der Waals surface area contributed by atoms with E-state index in [-0.39, 0.29) is 12.0 Å². The summed E-state index contributed by atoms with van der Waals surface area (Å²) < 4.78 is 5.80. The van der Waals surface area contributed by atoms with E-state index in [1.54, 1.807) is 24.3 Å².